The highest BCUT2D eigenvalue weighted by Gasteiger charge is 2.18. The first-order valence-corrected chi connectivity index (χ1v) is 5.97. The Morgan fingerprint density at radius 3 is 3.06 bits per heavy atom. The second-order valence-corrected chi connectivity index (χ2v) is 4.49. The highest BCUT2D eigenvalue weighted by Crippen LogP contribution is 2.21. The van der Waals surface area contributed by atoms with E-state index in [9.17, 15) is 0 Å². The van der Waals surface area contributed by atoms with Gasteiger partial charge in [-0.2, -0.15) is 5.26 Å². The standard InChI is InChI=1S/C12H10ClN5/c13-10-5-9(7-14)6-11(16-10)18-4-3-17-2-1-15-12(17)8-18/h1-2,5-6H,3-4,8H2. The SMILES string of the molecule is N#Cc1cc(Cl)nc(N2CCn3ccnc3C2)c1. The molecule has 0 saturated heterocycles. The molecular formula is C12H10ClN5. The van der Waals surface area contributed by atoms with Gasteiger partial charge in [0.15, 0.2) is 0 Å². The summed E-state index contributed by atoms with van der Waals surface area (Å²) in [6.07, 6.45) is 3.77. The van der Waals surface area contributed by atoms with Crippen LogP contribution in [0.2, 0.25) is 5.15 Å². The second kappa shape index (κ2) is 4.31. The van der Waals surface area contributed by atoms with E-state index in [1.807, 2.05) is 6.20 Å². The first-order chi connectivity index (χ1) is 8.76. The number of imidazole rings is 1. The lowest BCUT2D eigenvalue weighted by atomic mass is 10.2. The maximum Gasteiger partial charge on any atom is 0.132 e. The Morgan fingerprint density at radius 1 is 1.33 bits per heavy atom. The second-order valence-electron chi connectivity index (χ2n) is 4.11. The van der Waals surface area contributed by atoms with Crippen molar-refractivity contribution >= 4 is 17.4 Å². The lowest BCUT2D eigenvalue weighted by Gasteiger charge is -2.28. The molecule has 0 fully saturated rings. The maximum absolute atomic E-state index is 8.94. The minimum atomic E-state index is 0.345. The van der Waals surface area contributed by atoms with Crippen LogP contribution in [0, 0.1) is 11.3 Å². The zero-order chi connectivity index (χ0) is 12.5. The van der Waals surface area contributed by atoms with Crippen LogP contribution in [0.15, 0.2) is 24.5 Å². The molecule has 18 heavy (non-hydrogen) atoms. The largest absolute Gasteiger partial charge is 0.347 e. The first-order valence-electron chi connectivity index (χ1n) is 5.59. The molecule has 3 heterocycles. The number of anilines is 1. The van der Waals surface area contributed by atoms with Crippen molar-refractivity contribution in [2.45, 2.75) is 13.1 Å². The van der Waals surface area contributed by atoms with E-state index >= 15 is 0 Å². The van der Waals surface area contributed by atoms with Gasteiger partial charge in [0.25, 0.3) is 0 Å². The van der Waals surface area contributed by atoms with E-state index < -0.39 is 0 Å². The number of halogens is 1. The molecule has 0 atom stereocenters. The molecule has 0 radical (unpaired) electrons. The summed E-state index contributed by atoms with van der Waals surface area (Å²) >= 11 is 5.92. The Morgan fingerprint density at radius 2 is 2.22 bits per heavy atom. The summed E-state index contributed by atoms with van der Waals surface area (Å²) in [5.41, 5.74) is 0.527. The minimum absolute atomic E-state index is 0.345. The lowest BCUT2D eigenvalue weighted by molar-refractivity contribution is 0.556. The average molecular weight is 260 g/mol. The number of hydrogen-bond acceptors (Lipinski definition) is 4. The number of nitriles is 1. The number of pyridine rings is 1. The normalized spacial score (nSPS) is 14.1. The molecule has 0 aromatic carbocycles. The van der Waals surface area contributed by atoms with E-state index in [1.54, 1.807) is 18.3 Å². The van der Waals surface area contributed by atoms with E-state index in [1.165, 1.54) is 0 Å². The van der Waals surface area contributed by atoms with Gasteiger partial charge in [-0.3, -0.25) is 0 Å². The van der Waals surface area contributed by atoms with Crippen molar-refractivity contribution in [1.29, 1.82) is 5.26 Å². The van der Waals surface area contributed by atoms with Crippen LogP contribution in [0.1, 0.15) is 11.4 Å². The highest BCUT2D eigenvalue weighted by atomic mass is 35.5. The molecule has 0 unspecified atom stereocenters. The molecule has 1 aliphatic rings. The fraction of sp³-hybridized carbons (Fsp3) is 0.250. The van der Waals surface area contributed by atoms with Crippen LogP contribution < -0.4 is 4.90 Å². The lowest BCUT2D eigenvalue weighted by Crippen LogP contribution is -2.34. The summed E-state index contributed by atoms with van der Waals surface area (Å²) < 4.78 is 2.12. The Balaban J connectivity index is 1.93. The minimum Gasteiger partial charge on any atom is -0.347 e. The van der Waals surface area contributed by atoms with E-state index in [2.05, 4.69) is 25.5 Å². The van der Waals surface area contributed by atoms with Crippen LogP contribution in [0.3, 0.4) is 0 Å². The third-order valence-electron chi connectivity index (χ3n) is 2.98. The molecule has 0 aliphatic carbocycles. The predicted octanol–water partition coefficient (Wildman–Crippen LogP) is 1.82. The number of nitrogens with zero attached hydrogens (tertiary/aromatic N) is 5. The number of rotatable bonds is 1. The van der Waals surface area contributed by atoms with Crippen molar-refractivity contribution in [3.05, 3.63) is 41.1 Å². The van der Waals surface area contributed by atoms with Crippen molar-refractivity contribution < 1.29 is 0 Å². The molecule has 0 N–H and O–H groups in total. The van der Waals surface area contributed by atoms with Crippen molar-refractivity contribution in [2.75, 3.05) is 11.4 Å². The quantitative estimate of drug-likeness (QED) is 0.733. The van der Waals surface area contributed by atoms with Crippen LogP contribution in [0.5, 0.6) is 0 Å². The van der Waals surface area contributed by atoms with Gasteiger partial charge in [-0.1, -0.05) is 11.6 Å². The van der Waals surface area contributed by atoms with E-state index in [4.69, 9.17) is 16.9 Å². The molecule has 3 rings (SSSR count). The third-order valence-corrected chi connectivity index (χ3v) is 3.17. The molecule has 1 aliphatic heterocycles. The summed E-state index contributed by atoms with van der Waals surface area (Å²) in [6.45, 7) is 2.39. The summed E-state index contributed by atoms with van der Waals surface area (Å²) in [7, 11) is 0. The van der Waals surface area contributed by atoms with Gasteiger partial charge in [0.1, 0.15) is 16.8 Å². The maximum atomic E-state index is 8.94. The zero-order valence-corrected chi connectivity index (χ0v) is 10.3. The number of hydrogen-bond donors (Lipinski definition) is 0. The van der Waals surface area contributed by atoms with Gasteiger partial charge in [0.2, 0.25) is 0 Å². The Kier molecular flexibility index (Phi) is 2.65. The molecule has 6 heteroatoms. The summed E-state index contributed by atoms with van der Waals surface area (Å²) in [6, 6.07) is 5.41. The van der Waals surface area contributed by atoms with Gasteiger partial charge >= 0.3 is 0 Å². The molecule has 2 aromatic rings. The number of aromatic nitrogens is 3. The van der Waals surface area contributed by atoms with Crippen LogP contribution in [0.4, 0.5) is 5.82 Å². The van der Waals surface area contributed by atoms with Crippen LogP contribution in [0.25, 0.3) is 0 Å². The average Bonchev–Trinajstić information content (AvgIpc) is 2.85. The van der Waals surface area contributed by atoms with Crippen molar-refractivity contribution in [1.82, 2.24) is 14.5 Å². The van der Waals surface area contributed by atoms with Gasteiger partial charge < -0.3 is 9.47 Å². The Bertz CT molecular complexity index is 628. The predicted molar refractivity (Wildman–Crippen MR) is 67.2 cm³/mol. The smallest absolute Gasteiger partial charge is 0.132 e. The summed E-state index contributed by atoms with van der Waals surface area (Å²) in [5, 5.41) is 9.28. The molecule has 5 nitrogen and oxygen atoms in total. The summed E-state index contributed by atoms with van der Waals surface area (Å²) in [5.74, 6) is 1.73. The van der Waals surface area contributed by atoms with E-state index in [-0.39, 0.29) is 0 Å². The summed E-state index contributed by atoms with van der Waals surface area (Å²) in [4.78, 5) is 10.6. The van der Waals surface area contributed by atoms with Crippen LogP contribution in [-0.4, -0.2) is 21.1 Å². The fourth-order valence-electron chi connectivity index (χ4n) is 2.08. The molecule has 0 bridgehead atoms. The molecular weight excluding hydrogens is 250 g/mol. The Hall–Kier alpha value is -2.06. The van der Waals surface area contributed by atoms with Gasteiger partial charge in [-0.05, 0) is 12.1 Å². The topological polar surface area (TPSA) is 57.7 Å². The van der Waals surface area contributed by atoms with Crippen molar-refractivity contribution in [3.63, 3.8) is 0 Å². The van der Waals surface area contributed by atoms with E-state index in [0.717, 1.165) is 24.7 Å². The van der Waals surface area contributed by atoms with Gasteiger partial charge in [0.05, 0.1) is 18.2 Å². The zero-order valence-electron chi connectivity index (χ0n) is 9.54. The van der Waals surface area contributed by atoms with Gasteiger partial charge in [-0.25, -0.2) is 9.97 Å². The number of fused-ring (bicyclic) bond motifs is 1. The first kappa shape index (κ1) is 11.1. The molecule has 0 amide bonds. The fourth-order valence-corrected chi connectivity index (χ4v) is 2.28. The van der Waals surface area contributed by atoms with Crippen LogP contribution in [-0.2, 0) is 13.1 Å². The van der Waals surface area contributed by atoms with Crippen LogP contribution >= 0.6 is 11.6 Å². The van der Waals surface area contributed by atoms with Gasteiger partial charge in [0, 0.05) is 25.5 Å². The molecule has 0 saturated carbocycles. The Labute approximate surface area is 109 Å². The monoisotopic (exact) mass is 259 g/mol. The molecule has 2 aromatic heterocycles. The highest BCUT2D eigenvalue weighted by molar-refractivity contribution is 6.29. The molecule has 0 spiro atoms. The van der Waals surface area contributed by atoms with Crippen molar-refractivity contribution in [2.24, 2.45) is 0 Å². The third kappa shape index (κ3) is 1.91. The van der Waals surface area contributed by atoms with Gasteiger partial charge in [-0.15, -0.1) is 0 Å². The van der Waals surface area contributed by atoms with Crippen molar-refractivity contribution in [3.8, 4) is 6.07 Å². The molecule has 90 valence electrons. The van der Waals surface area contributed by atoms with E-state index in [0.29, 0.717) is 17.3 Å².